The molecule has 2 aromatic carbocycles. The summed E-state index contributed by atoms with van der Waals surface area (Å²) < 4.78 is 25.0. The van der Waals surface area contributed by atoms with E-state index < -0.39 is 15.1 Å². The van der Waals surface area contributed by atoms with Gasteiger partial charge >= 0.3 is 0 Å². The molecule has 0 aromatic heterocycles. The minimum atomic E-state index is -3.68. The van der Waals surface area contributed by atoms with Crippen molar-refractivity contribution < 1.29 is 13.2 Å². The van der Waals surface area contributed by atoms with Gasteiger partial charge in [0.15, 0.2) is 9.84 Å². The molecular formula is C16H15ClO3S. The molecule has 0 aliphatic rings. The summed E-state index contributed by atoms with van der Waals surface area (Å²) in [5.74, 6) is 0. The van der Waals surface area contributed by atoms with Crippen molar-refractivity contribution in [2.75, 3.05) is 0 Å². The number of carbonyl (C=O) groups excluding carboxylic acids is 1. The molecule has 5 heteroatoms. The minimum Gasteiger partial charge on any atom is -0.302 e. The Morgan fingerprint density at radius 2 is 1.62 bits per heavy atom. The lowest BCUT2D eigenvalue weighted by molar-refractivity contribution is -0.107. The van der Waals surface area contributed by atoms with Gasteiger partial charge in [-0.1, -0.05) is 41.4 Å². The molecule has 0 aliphatic heterocycles. The lowest BCUT2D eigenvalue weighted by Gasteiger charge is -2.12. The van der Waals surface area contributed by atoms with Crippen molar-refractivity contribution in [3.63, 3.8) is 0 Å². The second-order valence-electron chi connectivity index (χ2n) is 4.86. The first-order chi connectivity index (χ1) is 9.93. The van der Waals surface area contributed by atoms with E-state index in [0.717, 1.165) is 11.1 Å². The van der Waals surface area contributed by atoms with Crippen LogP contribution in [0.4, 0.5) is 0 Å². The molecule has 1 atom stereocenters. The van der Waals surface area contributed by atoms with Crippen LogP contribution >= 0.6 is 11.6 Å². The summed E-state index contributed by atoms with van der Waals surface area (Å²) in [6.07, 6.45) is 0.626. The largest absolute Gasteiger partial charge is 0.302 e. The van der Waals surface area contributed by atoms with Crippen molar-refractivity contribution in [1.82, 2.24) is 0 Å². The van der Waals surface area contributed by atoms with Gasteiger partial charge in [0.2, 0.25) is 0 Å². The highest BCUT2D eigenvalue weighted by atomic mass is 35.5. The molecule has 0 heterocycles. The standard InChI is InChI=1S/C16H15ClO3S/c1-12-2-8-15(9-3-12)21(19,20)16(11-18)10-13-4-6-14(17)7-5-13/h2-9,11,16H,10H2,1H3. The first-order valence-electron chi connectivity index (χ1n) is 6.44. The van der Waals surface area contributed by atoms with Gasteiger partial charge in [0.05, 0.1) is 4.90 Å². The van der Waals surface area contributed by atoms with Gasteiger partial charge in [0, 0.05) is 5.02 Å². The zero-order valence-corrected chi connectivity index (χ0v) is 13.1. The molecule has 2 rings (SSSR count). The van der Waals surface area contributed by atoms with Crippen LogP contribution in [0.2, 0.25) is 5.02 Å². The number of hydrogen-bond acceptors (Lipinski definition) is 3. The van der Waals surface area contributed by atoms with Gasteiger partial charge in [-0.05, 0) is 43.2 Å². The van der Waals surface area contributed by atoms with E-state index in [9.17, 15) is 13.2 Å². The Bertz CT molecular complexity index is 719. The Labute approximate surface area is 129 Å². The average Bonchev–Trinajstić information content (AvgIpc) is 2.47. The molecule has 3 nitrogen and oxygen atoms in total. The van der Waals surface area contributed by atoms with Gasteiger partial charge in [-0.3, -0.25) is 0 Å². The third kappa shape index (κ3) is 3.71. The molecule has 0 saturated heterocycles. The second kappa shape index (κ2) is 6.41. The number of benzene rings is 2. The van der Waals surface area contributed by atoms with Gasteiger partial charge < -0.3 is 4.79 Å². The van der Waals surface area contributed by atoms with E-state index >= 15 is 0 Å². The van der Waals surface area contributed by atoms with Crippen LogP contribution in [-0.4, -0.2) is 20.0 Å². The number of aldehydes is 1. The predicted octanol–water partition coefficient (Wildman–Crippen LogP) is 3.23. The Kier molecular flexibility index (Phi) is 4.80. The quantitative estimate of drug-likeness (QED) is 0.794. The molecule has 0 spiro atoms. The molecule has 110 valence electrons. The van der Waals surface area contributed by atoms with E-state index in [1.54, 1.807) is 36.4 Å². The number of hydrogen-bond donors (Lipinski definition) is 0. The highest BCUT2D eigenvalue weighted by molar-refractivity contribution is 7.92. The Morgan fingerprint density at radius 3 is 2.14 bits per heavy atom. The zero-order chi connectivity index (χ0) is 15.5. The molecule has 1 unspecified atom stereocenters. The Hall–Kier alpha value is -1.65. The van der Waals surface area contributed by atoms with E-state index in [2.05, 4.69) is 0 Å². The fourth-order valence-electron chi connectivity index (χ4n) is 1.99. The molecule has 0 bridgehead atoms. The number of sulfone groups is 1. The summed E-state index contributed by atoms with van der Waals surface area (Å²) in [6.45, 7) is 1.88. The first-order valence-corrected chi connectivity index (χ1v) is 8.36. The van der Waals surface area contributed by atoms with Gasteiger partial charge in [0.25, 0.3) is 0 Å². The van der Waals surface area contributed by atoms with Gasteiger partial charge in [-0.15, -0.1) is 0 Å². The fraction of sp³-hybridized carbons (Fsp3) is 0.188. The van der Waals surface area contributed by atoms with E-state index in [4.69, 9.17) is 11.6 Å². The maximum Gasteiger partial charge on any atom is 0.188 e. The van der Waals surface area contributed by atoms with Crippen LogP contribution in [-0.2, 0) is 21.1 Å². The summed E-state index contributed by atoms with van der Waals surface area (Å²) in [6, 6.07) is 13.3. The van der Waals surface area contributed by atoms with Crippen LogP contribution < -0.4 is 0 Å². The summed E-state index contributed by atoms with van der Waals surface area (Å²) >= 11 is 5.79. The van der Waals surface area contributed by atoms with Crippen molar-refractivity contribution in [1.29, 1.82) is 0 Å². The Morgan fingerprint density at radius 1 is 1.05 bits per heavy atom. The van der Waals surface area contributed by atoms with Crippen molar-refractivity contribution >= 4 is 27.7 Å². The number of aryl methyl sites for hydroxylation is 1. The van der Waals surface area contributed by atoms with E-state index in [1.807, 2.05) is 6.92 Å². The summed E-state index contributed by atoms with van der Waals surface area (Å²) in [7, 11) is -3.68. The Balaban J connectivity index is 2.29. The van der Waals surface area contributed by atoms with Crippen molar-refractivity contribution in [2.45, 2.75) is 23.5 Å². The van der Waals surface area contributed by atoms with Crippen LogP contribution in [0.3, 0.4) is 0 Å². The molecule has 0 N–H and O–H groups in total. The summed E-state index contributed by atoms with van der Waals surface area (Å²) in [5.41, 5.74) is 1.72. The van der Waals surface area contributed by atoms with Crippen LogP contribution in [0.15, 0.2) is 53.4 Å². The first kappa shape index (κ1) is 15.7. The monoisotopic (exact) mass is 322 g/mol. The maximum absolute atomic E-state index is 12.5. The maximum atomic E-state index is 12.5. The number of halogens is 1. The van der Waals surface area contributed by atoms with E-state index in [0.29, 0.717) is 11.3 Å². The van der Waals surface area contributed by atoms with Crippen LogP contribution in [0.25, 0.3) is 0 Å². The van der Waals surface area contributed by atoms with Gasteiger partial charge in [-0.2, -0.15) is 0 Å². The molecule has 0 amide bonds. The van der Waals surface area contributed by atoms with Gasteiger partial charge in [-0.25, -0.2) is 8.42 Å². The molecule has 2 aromatic rings. The minimum absolute atomic E-state index is 0.136. The highest BCUT2D eigenvalue weighted by Crippen LogP contribution is 2.20. The zero-order valence-electron chi connectivity index (χ0n) is 11.5. The van der Waals surface area contributed by atoms with E-state index in [1.165, 1.54) is 12.1 Å². The molecule has 0 saturated carbocycles. The normalized spacial score (nSPS) is 12.9. The SMILES string of the molecule is Cc1ccc(S(=O)(=O)C(C=O)Cc2ccc(Cl)cc2)cc1. The van der Waals surface area contributed by atoms with Crippen LogP contribution in [0, 0.1) is 6.92 Å². The van der Waals surface area contributed by atoms with Gasteiger partial charge in [0.1, 0.15) is 11.5 Å². The second-order valence-corrected chi connectivity index (χ2v) is 7.47. The van der Waals surface area contributed by atoms with Crippen LogP contribution in [0.1, 0.15) is 11.1 Å². The molecule has 0 aliphatic carbocycles. The topological polar surface area (TPSA) is 51.2 Å². The third-order valence-electron chi connectivity index (χ3n) is 3.25. The van der Waals surface area contributed by atoms with Crippen LogP contribution in [0.5, 0.6) is 0 Å². The molecule has 0 fully saturated rings. The number of carbonyl (C=O) groups is 1. The smallest absolute Gasteiger partial charge is 0.188 e. The lowest BCUT2D eigenvalue weighted by Crippen LogP contribution is -2.25. The van der Waals surface area contributed by atoms with Crippen molar-refractivity contribution in [3.05, 3.63) is 64.7 Å². The molecule has 21 heavy (non-hydrogen) atoms. The fourth-order valence-corrected chi connectivity index (χ4v) is 3.54. The van der Waals surface area contributed by atoms with Crippen molar-refractivity contribution in [3.8, 4) is 0 Å². The van der Waals surface area contributed by atoms with E-state index in [-0.39, 0.29) is 11.3 Å². The third-order valence-corrected chi connectivity index (χ3v) is 5.51. The lowest BCUT2D eigenvalue weighted by atomic mass is 10.1. The number of rotatable bonds is 5. The highest BCUT2D eigenvalue weighted by Gasteiger charge is 2.27. The predicted molar refractivity (Wildman–Crippen MR) is 83.4 cm³/mol. The summed E-state index contributed by atoms with van der Waals surface area (Å²) in [4.78, 5) is 11.4. The van der Waals surface area contributed by atoms with Crippen molar-refractivity contribution in [2.24, 2.45) is 0 Å². The molecular weight excluding hydrogens is 308 g/mol. The average molecular weight is 323 g/mol. The summed E-state index contributed by atoms with van der Waals surface area (Å²) in [5, 5.41) is -0.524. The molecule has 0 radical (unpaired) electrons.